The molecule has 1 N–H and O–H groups in total. The predicted octanol–water partition coefficient (Wildman–Crippen LogP) is 2.73. The van der Waals surface area contributed by atoms with Crippen molar-refractivity contribution in [2.45, 2.75) is 13.3 Å². The van der Waals surface area contributed by atoms with Crippen LogP contribution < -0.4 is 10.2 Å². The molecule has 0 radical (unpaired) electrons. The van der Waals surface area contributed by atoms with E-state index in [0.29, 0.717) is 16.9 Å². The molecule has 0 spiro atoms. The Balaban J connectivity index is 2.11. The molecule has 0 unspecified atom stereocenters. The van der Waals surface area contributed by atoms with Crippen LogP contribution in [-0.4, -0.2) is 31.4 Å². The van der Waals surface area contributed by atoms with E-state index in [1.807, 2.05) is 6.07 Å². The summed E-state index contributed by atoms with van der Waals surface area (Å²) >= 11 is 0. The van der Waals surface area contributed by atoms with Gasteiger partial charge in [-0.3, -0.25) is 9.59 Å². The number of hydrogen-bond donors (Lipinski definition) is 1. The quantitative estimate of drug-likeness (QED) is 0.794. The third-order valence-corrected chi connectivity index (χ3v) is 3.86. The van der Waals surface area contributed by atoms with Crippen LogP contribution in [0.15, 0.2) is 48.5 Å². The van der Waals surface area contributed by atoms with Gasteiger partial charge in [-0.15, -0.1) is 0 Å². The van der Waals surface area contributed by atoms with Crippen molar-refractivity contribution >= 4 is 29.2 Å². The molecule has 0 saturated carbocycles. The maximum absolute atomic E-state index is 12.3. The van der Waals surface area contributed by atoms with E-state index < -0.39 is 5.97 Å². The van der Waals surface area contributed by atoms with Gasteiger partial charge in [0.1, 0.15) is 6.07 Å². The first-order valence-corrected chi connectivity index (χ1v) is 8.22. The van der Waals surface area contributed by atoms with Gasteiger partial charge in [-0.1, -0.05) is 24.3 Å². The first kappa shape index (κ1) is 19.7. The van der Waals surface area contributed by atoms with Crippen LogP contribution in [0.3, 0.4) is 0 Å². The molecular formula is C20H19N3O4. The van der Waals surface area contributed by atoms with Crippen LogP contribution in [-0.2, 0) is 14.3 Å². The van der Waals surface area contributed by atoms with Crippen molar-refractivity contribution in [3.63, 3.8) is 0 Å². The van der Waals surface area contributed by atoms with Crippen LogP contribution in [0.1, 0.15) is 29.3 Å². The van der Waals surface area contributed by atoms with Gasteiger partial charge in [-0.25, -0.2) is 4.79 Å². The van der Waals surface area contributed by atoms with Crippen LogP contribution in [0, 0.1) is 11.3 Å². The van der Waals surface area contributed by atoms with E-state index in [4.69, 9.17) is 4.74 Å². The molecule has 0 heterocycles. The molecule has 7 nitrogen and oxygen atoms in total. The Bertz CT molecular complexity index is 902. The molecule has 0 aliphatic rings. The maximum atomic E-state index is 12.3. The molecule has 7 heteroatoms. The number of carbonyl (C=O) groups is 3. The lowest BCUT2D eigenvalue weighted by molar-refractivity contribution is -0.117. The zero-order valence-corrected chi connectivity index (χ0v) is 15.1. The van der Waals surface area contributed by atoms with E-state index in [2.05, 4.69) is 5.32 Å². The number of benzene rings is 2. The summed E-state index contributed by atoms with van der Waals surface area (Å²) in [6, 6.07) is 15.2. The summed E-state index contributed by atoms with van der Waals surface area (Å²) in [4.78, 5) is 37.5. The van der Waals surface area contributed by atoms with Gasteiger partial charge in [-0.2, -0.15) is 5.26 Å². The molecule has 0 atom stereocenters. The van der Waals surface area contributed by atoms with E-state index in [1.54, 1.807) is 48.5 Å². The summed E-state index contributed by atoms with van der Waals surface area (Å²) in [5, 5.41) is 11.9. The van der Waals surface area contributed by atoms with E-state index >= 15 is 0 Å². The molecule has 2 amide bonds. The zero-order valence-electron chi connectivity index (χ0n) is 15.1. The average Bonchev–Trinajstić information content (AvgIpc) is 2.68. The fraction of sp³-hybridized carbons (Fsp3) is 0.200. The van der Waals surface area contributed by atoms with Crippen molar-refractivity contribution in [2.75, 3.05) is 23.9 Å². The Labute approximate surface area is 157 Å². The third kappa shape index (κ3) is 4.92. The van der Waals surface area contributed by atoms with Gasteiger partial charge in [0.25, 0.3) is 0 Å². The van der Waals surface area contributed by atoms with Crippen molar-refractivity contribution in [1.82, 2.24) is 0 Å². The highest BCUT2D eigenvalue weighted by atomic mass is 16.5. The Morgan fingerprint density at radius 1 is 1.11 bits per heavy atom. The standard InChI is InChI=1S/C20H19N3O4/c1-14(24)23(18-10-6-3-7-15(18)13-21)12-11-19(25)22-17-9-5-4-8-16(17)20(26)27-2/h3-10H,11-12H2,1-2H3,(H,22,25). The summed E-state index contributed by atoms with van der Waals surface area (Å²) in [5.41, 5.74) is 1.38. The topological polar surface area (TPSA) is 99.5 Å². The molecule has 27 heavy (non-hydrogen) atoms. The molecule has 2 rings (SSSR count). The highest BCUT2D eigenvalue weighted by molar-refractivity contribution is 6.01. The van der Waals surface area contributed by atoms with Gasteiger partial charge < -0.3 is 15.0 Å². The van der Waals surface area contributed by atoms with E-state index in [1.165, 1.54) is 18.9 Å². The van der Waals surface area contributed by atoms with E-state index in [-0.39, 0.29) is 30.3 Å². The van der Waals surface area contributed by atoms with Crippen LogP contribution in [0.5, 0.6) is 0 Å². The lowest BCUT2D eigenvalue weighted by atomic mass is 10.1. The fourth-order valence-corrected chi connectivity index (χ4v) is 2.56. The predicted molar refractivity (Wildman–Crippen MR) is 100 cm³/mol. The molecule has 0 saturated heterocycles. The largest absolute Gasteiger partial charge is 0.465 e. The summed E-state index contributed by atoms with van der Waals surface area (Å²) < 4.78 is 4.70. The summed E-state index contributed by atoms with van der Waals surface area (Å²) in [7, 11) is 1.26. The number of rotatable bonds is 6. The zero-order chi connectivity index (χ0) is 19.8. The lowest BCUT2D eigenvalue weighted by Crippen LogP contribution is -2.32. The van der Waals surface area contributed by atoms with Gasteiger partial charge >= 0.3 is 5.97 Å². The molecule has 0 aromatic heterocycles. The summed E-state index contributed by atoms with van der Waals surface area (Å²) in [5.74, 6) is -1.20. The minimum Gasteiger partial charge on any atom is -0.465 e. The number of nitrogens with one attached hydrogen (secondary N) is 1. The second-order valence-electron chi connectivity index (χ2n) is 5.63. The van der Waals surface area contributed by atoms with Gasteiger partial charge in [0.05, 0.1) is 29.6 Å². The highest BCUT2D eigenvalue weighted by Gasteiger charge is 2.18. The van der Waals surface area contributed by atoms with Gasteiger partial charge in [0.2, 0.25) is 11.8 Å². The number of anilines is 2. The Morgan fingerprint density at radius 3 is 2.44 bits per heavy atom. The number of methoxy groups -OCH3 is 1. The number of amides is 2. The summed E-state index contributed by atoms with van der Waals surface area (Å²) in [6.45, 7) is 1.47. The van der Waals surface area contributed by atoms with Crippen molar-refractivity contribution < 1.29 is 19.1 Å². The number of nitriles is 1. The Kier molecular flexibility index (Phi) is 6.67. The molecule has 0 fully saturated rings. The molecule has 0 aliphatic carbocycles. The minimum atomic E-state index is -0.556. The van der Waals surface area contributed by atoms with E-state index in [9.17, 15) is 19.6 Å². The Hall–Kier alpha value is -3.66. The first-order chi connectivity index (χ1) is 13.0. The van der Waals surface area contributed by atoms with Gasteiger partial charge in [0, 0.05) is 19.9 Å². The minimum absolute atomic E-state index is 0.00511. The van der Waals surface area contributed by atoms with Crippen LogP contribution in [0.4, 0.5) is 11.4 Å². The second kappa shape index (κ2) is 9.15. The number of hydrogen-bond acceptors (Lipinski definition) is 5. The third-order valence-electron chi connectivity index (χ3n) is 3.86. The molecule has 0 aliphatic heterocycles. The maximum Gasteiger partial charge on any atom is 0.339 e. The highest BCUT2D eigenvalue weighted by Crippen LogP contribution is 2.21. The number of ether oxygens (including phenoxy) is 1. The smallest absolute Gasteiger partial charge is 0.339 e. The SMILES string of the molecule is COC(=O)c1ccccc1NC(=O)CCN(C(C)=O)c1ccccc1C#N. The molecular weight excluding hydrogens is 346 g/mol. The summed E-state index contributed by atoms with van der Waals surface area (Å²) in [6.07, 6.45) is -0.00511. The molecule has 2 aromatic carbocycles. The van der Waals surface area contributed by atoms with E-state index in [0.717, 1.165) is 0 Å². The van der Waals surface area contributed by atoms with Crippen LogP contribution in [0.25, 0.3) is 0 Å². The number of carbonyl (C=O) groups excluding carboxylic acids is 3. The van der Waals surface area contributed by atoms with Crippen LogP contribution in [0.2, 0.25) is 0 Å². The van der Waals surface area contributed by atoms with Gasteiger partial charge in [0.15, 0.2) is 0 Å². The van der Waals surface area contributed by atoms with Gasteiger partial charge in [-0.05, 0) is 24.3 Å². The Morgan fingerprint density at radius 2 is 1.78 bits per heavy atom. The number of nitrogens with zero attached hydrogens (tertiary/aromatic N) is 2. The first-order valence-electron chi connectivity index (χ1n) is 8.22. The molecule has 138 valence electrons. The molecule has 2 aromatic rings. The van der Waals surface area contributed by atoms with Crippen molar-refractivity contribution in [3.05, 3.63) is 59.7 Å². The number of para-hydroxylation sites is 2. The number of esters is 1. The van der Waals surface area contributed by atoms with Crippen molar-refractivity contribution in [1.29, 1.82) is 5.26 Å². The lowest BCUT2D eigenvalue weighted by Gasteiger charge is -2.22. The fourth-order valence-electron chi connectivity index (χ4n) is 2.56. The average molecular weight is 365 g/mol. The monoisotopic (exact) mass is 365 g/mol. The molecule has 0 bridgehead atoms. The normalized spacial score (nSPS) is 9.81. The second-order valence-corrected chi connectivity index (χ2v) is 5.63. The van der Waals surface area contributed by atoms with Crippen LogP contribution >= 0.6 is 0 Å². The van der Waals surface area contributed by atoms with Crippen molar-refractivity contribution in [3.8, 4) is 6.07 Å². The van der Waals surface area contributed by atoms with Crippen molar-refractivity contribution in [2.24, 2.45) is 0 Å².